The molecule has 0 aliphatic heterocycles. The van der Waals surface area contributed by atoms with Crippen LogP contribution >= 0.6 is 0 Å². The lowest BCUT2D eigenvalue weighted by Crippen LogP contribution is -2.37. The molecule has 0 bridgehead atoms. The summed E-state index contributed by atoms with van der Waals surface area (Å²) in [6.45, 7) is 3.76. The Kier molecular flexibility index (Phi) is 4.51. The summed E-state index contributed by atoms with van der Waals surface area (Å²) >= 11 is 0. The molecule has 2 rings (SSSR count). The highest BCUT2D eigenvalue weighted by Crippen LogP contribution is 2.29. The predicted molar refractivity (Wildman–Crippen MR) is 86.2 cm³/mol. The molecule has 6 heteroatoms. The number of likely N-dealkylation sites (N-methyl/N-ethyl adjacent to an activating group) is 1. The second kappa shape index (κ2) is 6.19. The number of nitrogens with one attached hydrogen (secondary N) is 2. The summed E-state index contributed by atoms with van der Waals surface area (Å²) in [5, 5.41) is 3.64. The van der Waals surface area contributed by atoms with Crippen molar-refractivity contribution >= 4 is 28.5 Å². The van der Waals surface area contributed by atoms with Crippen molar-refractivity contribution in [1.29, 1.82) is 0 Å². The fourth-order valence-electron chi connectivity index (χ4n) is 2.15. The first-order valence-corrected chi connectivity index (χ1v) is 7.03. The zero-order chi connectivity index (χ0) is 16.4. The average Bonchev–Trinajstić information content (AvgIpc) is 2.83. The second-order valence-corrected chi connectivity index (χ2v) is 5.54. The summed E-state index contributed by atoms with van der Waals surface area (Å²) in [5.74, 6) is -0.695. The third-order valence-corrected chi connectivity index (χ3v) is 3.75. The van der Waals surface area contributed by atoms with Gasteiger partial charge in [-0.3, -0.25) is 9.69 Å². The van der Waals surface area contributed by atoms with Crippen LogP contribution in [0.25, 0.3) is 10.9 Å². The van der Waals surface area contributed by atoms with E-state index in [4.69, 9.17) is 4.74 Å². The van der Waals surface area contributed by atoms with E-state index in [0.29, 0.717) is 5.69 Å². The molecule has 2 N–H and O–H groups in total. The summed E-state index contributed by atoms with van der Waals surface area (Å²) in [7, 11) is 4.96. The molecule has 0 saturated heterocycles. The van der Waals surface area contributed by atoms with Crippen LogP contribution in [0, 0.1) is 6.92 Å². The fourth-order valence-corrected chi connectivity index (χ4v) is 2.15. The lowest BCUT2D eigenvalue weighted by atomic mass is 10.1. The minimum absolute atomic E-state index is 0.183. The van der Waals surface area contributed by atoms with Crippen LogP contribution in [-0.4, -0.2) is 49.0 Å². The summed E-state index contributed by atoms with van der Waals surface area (Å²) < 4.78 is 4.79. The molecule has 0 fully saturated rings. The predicted octanol–water partition coefficient (Wildman–Crippen LogP) is 2.15. The van der Waals surface area contributed by atoms with E-state index >= 15 is 0 Å². The zero-order valence-electron chi connectivity index (χ0n) is 13.5. The number of aromatic amines is 1. The van der Waals surface area contributed by atoms with Gasteiger partial charge in [0.15, 0.2) is 0 Å². The number of rotatable bonds is 4. The number of hydrogen-bond donors (Lipinski definition) is 2. The Morgan fingerprint density at radius 2 is 2.00 bits per heavy atom. The van der Waals surface area contributed by atoms with E-state index in [9.17, 15) is 9.59 Å². The summed E-state index contributed by atoms with van der Waals surface area (Å²) in [6, 6.07) is 5.42. The number of amides is 1. The highest BCUT2D eigenvalue weighted by Gasteiger charge is 2.23. The number of nitrogens with zero attached hydrogens (tertiary/aromatic N) is 1. The van der Waals surface area contributed by atoms with Gasteiger partial charge in [-0.25, -0.2) is 4.79 Å². The largest absolute Gasteiger partial charge is 0.464 e. The Hall–Kier alpha value is -2.34. The highest BCUT2D eigenvalue weighted by molar-refractivity contribution is 6.11. The molecule has 1 aromatic carbocycles. The first-order valence-electron chi connectivity index (χ1n) is 7.03. The molecular formula is C16H21N3O3. The Morgan fingerprint density at radius 3 is 2.59 bits per heavy atom. The summed E-state index contributed by atoms with van der Waals surface area (Å²) in [4.78, 5) is 29.1. The van der Waals surface area contributed by atoms with Gasteiger partial charge >= 0.3 is 5.97 Å². The average molecular weight is 303 g/mol. The van der Waals surface area contributed by atoms with Gasteiger partial charge in [0.2, 0.25) is 5.91 Å². The van der Waals surface area contributed by atoms with E-state index in [-0.39, 0.29) is 17.6 Å². The van der Waals surface area contributed by atoms with Gasteiger partial charge < -0.3 is 15.0 Å². The number of anilines is 1. The number of hydrogen-bond acceptors (Lipinski definition) is 4. The molecular weight excluding hydrogens is 282 g/mol. The number of fused-ring (bicyclic) bond motifs is 1. The number of H-pyrrole nitrogens is 1. The number of esters is 1. The highest BCUT2D eigenvalue weighted by atomic mass is 16.5. The van der Waals surface area contributed by atoms with Gasteiger partial charge in [-0.2, -0.15) is 0 Å². The SMILES string of the molecule is COC(=O)c1[nH]c2ccc(C)cc2c1NC(=O)C(C)N(C)C. The lowest BCUT2D eigenvalue weighted by molar-refractivity contribution is -0.119. The van der Waals surface area contributed by atoms with Crippen LogP contribution in [0.4, 0.5) is 5.69 Å². The molecule has 0 spiro atoms. The van der Waals surface area contributed by atoms with Gasteiger partial charge in [0, 0.05) is 10.9 Å². The first-order chi connectivity index (χ1) is 10.3. The van der Waals surface area contributed by atoms with Gasteiger partial charge in [-0.15, -0.1) is 0 Å². The Bertz CT molecular complexity index is 719. The Balaban J connectivity index is 2.51. The third kappa shape index (κ3) is 2.96. The van der Waals surface area contributed by atoms with Crippen molar-refractivity contribution in [1.82, 2.24) is 9.88 Å². The smallest absolute Gasteiger partial charge is 0.356 e. The van der Waals surface area contributed by atoms with Crippen molar-refractivity contribution in [3.8, 4) is 0 Å². The molecule has 0 radical (unpaired) electrons. The van der Waals surface area contributed by atoms with Crippen molar-refractivity contribution in [3.63, 3.8) is 0 Å². The third-order valence-electron chi connectivity index (χ3n) is 3.75. The van der Waals surface area contributed by atoms with E-state index in [1.807, 2.05) is 39.2 Å². The number of carbonyl (C=O) groups excluding carboxylic acids is 2. The molecule has 0 aliphatic rings. The van der Waals surface area contributed by atoms with Crippen molar-refractivity contribution in [2.45, 2.75) is 19.9 Å². The van der Waals surface area contributed by atoms with Crippen LogP contribution < -0.4 is 5.32 Å². The van der Waals surface area contributed by atoms with Crippen LogP contribution in [0.5, 0.6) is 0 Å². The maximum absolute atomic E-state index is 12.3. The second-order valence-electron chi connectivity index (χ2n) is 5.54. The normalized spacial score (nSPS) is 12.5. The van der Waals surface area contributed by atoms with E-state index in [2.05, 4.69) is 10.3 Å². The number of methoxy groups -OCH3 is 1. The molecule has 1 heterocycles. The van der Waals surface area contributed by atoms with Crippen molar-refractivity contribution in [2.75, 3.05) is 26.5 Å². The maximum atomic E-state index is 12.3. The van der Waals surface area contributed by atoms with Crippen molar-refractivity contribution in [3.05, 3.63) is 29.5 Å². The van der Waals surface area contributed by atoms with Gasteiger partial charge in [-0.05, 0) is 40.1 Å². The molecule has 1 aromatic heterocycles. The van der Waals surface area contributed by atoms with E-state index in [1.165, 1.54) is 7.11 Å². The Morgan fingerprint density at radius 1 is 1.32 bits per heavy atom. The van der Waals surface area contributed by atoms with E-state index in [1.54, 1.807) is 11.8 Å². The lowest BCUT2D eigenvalue weighted by Gasteiger charge is -2.19. The molecule has 6 nitrogen and oxygen atoms in total. The molecule has 0 saturated carbocycles. The van der Waals surface area contributed by atoms with Crippen LogP contribution in [0.3, 0.4) is 0 Å². The van der Waals surface area contributed by atoms with Gasteiger partial charge in [0.05, 0.1) is 18.8 Å². The number of carbonyl (C=O) groups is 2. The first kappa shape index (κ1) is 16.0. The minimum Gasteiger partial charge on any atom is -0.464 e. The van der Waals surface area contributed by atoms with Crippen molar-refractivity contribution < 1.29 is 14.3 Å². The molecule has 22 heavy (non-hydrogen) atoms. The Labute approximate surface area is 129 Å². The molecule has 0 aliphatic carbocycles. The minimum atomic E-state index is -0.512. The standard InChI is InChI=1S/C16H21N3O3/c1-9-6-7-12-11(8-9)13(14(17-12)16(21)22-5)18-15(20)10(2)19(3)4/h6-8,10,17H,1-5H3,(H,18,20). The monoisotopic (exact) mass is 303 g/mol. The number of benzene rings is 1. The van der Waals surface area contributed by atoms with Crippen LogP contribution in [0.15, 0.2) is 18.2 Å². The fraction of sp³-hybridized carbons (Fsp3) is 0.375. The summed E-state index contributed by atoms with van der Waals surface area (Å²) in [5.41, 5.74) is 2.53. The maximum Gasteiger partial charge on any atom is 0.356 e. The van der Waals surface area contributed by atoms with Crippen LogP contribution in [-0.2, 0) is 9.53 Å². The number of aromatic nitrogens is 1. The number of ether oxygens (including phenoxy) is 1. The molecule has 1 atom stereocenters. The molecule has 2 aromatic rings. The summed E-state index contributed by atoms with van der Waals surface area (Å²) in [6.07, 6.45) is 0. The zero-order valence-corrected chi connectivity index (χ0v) is 13.5. The molecule has 1 unspecified atom stereocenters. The topological polar surface area (TPSA) is 74.4 Å². The molecule has 1 amide bonds. The molecule has 118 valence electrons. The van der Waals surface area contributed by atoms with Crippen LogP contribution in [0.2, 0.25) is 0 Å². The van der Waals surface area contributed by atoms with Gasteiger partial charge in [0.1, 0.15) is 5.69 Å². The van der Waals surface area contributed by atoms with E-state index in [0.717, 1.165) is 16.5 Å². The van der Waals surface area contributed by atoms with E-state index < -0.39 is 5.97 Å². The van der Waals surface area contributed by atoms with Gasteiger partial charge in [-0.1, -0.05) is 11.6 Å². The van der Waals surface area contributed by atoms with Crippen LogP contribution in [0.1, 0.15) is 23.0 Å². The number of aryl methyl sites for hydroxylation is 1. The quantitative estimate of drug-likeness (QED) is 0.849. The van der Waals surface area contributed by atoms with Gasteiger partial charge in [0.25, 0.3) is 0 Å². The van der Waals surface area contributed by atoms with Crippen molar-refractivity contribution in [2.24, 2.45) is 0 Å².